The van der Waals surface area contributed by atoms with Crippen LogP contribution in [0.25, 0.3) is 0 Å². The highest BCUT2D eigenvalue weighted by molar-refractivity contribution is 9.10. The quantitative estimate of drug-likeness (QED) is 0.172. The third-order valence-corrected chi connectivity index (χ3v) is 5.91. The highest BCUT2D eigenvalue weighted by atomic mass is 79.9. The van der Waals surface area contributed by atoms with Crippen molar-refractivity contribution in [3.63, 3.8) is 0 Å². The van der Waals surface area contributed by atoms with E-state index in [1.165, 1.54) is 6.21 Å². The van der Waals surface area contributed by atoms with Gasteiger partial charge in [-0.2, -0.15) is 5.10 Å². The number of aryl methyl sites for hydroxylation is 2. The molecule has 3 aromatic carbocycles. The van der Waals surface area contributed by atoms with E-state index in [0.29, 0.717) is 17.1 Å². The zero-order valence-electron chi connectivity index (χ0n) is 19.6. The first kappa shape index (κ1) is 25.2. The molecule has 0 aromatic heterocycles. The Labute approximate surface area is 208 Å². The van der Waals surface area contributed by atoms with Crippen molar-refractivity contribution in [1.29, 1.82) is 0 Å². The predicted octanol–water partition coefficient (Wildman–Crippen LogP) is 5.94. The van der Waals surface area contributed by atoms with Crippen molar-refractivity contribution in [3.8, 4) is 11.5 Å². The van der Waals surface area contributed by atoms with E-state index in [1.54, 1.807) is 36.4 Å². The summed E-state index contributed by atoms with van der Waals surface area (Å²) in [6.45, 7) is 7.93. The summed E-state index contributed by atoms with van der Waals surface area (Å²) in [6.07, 6.45) is 1.51. The first-order chi connectivity index (χ1) is 16.2. The fourth-order valence-corrected chi connectivity index (χ4v) is 3.44. The van der Waals surface area contributed by atoms with Gasteiger partial charge in [-0.1, -0.05) is 47.5 Å². The van der Waals surface area contributed by atoms with Gasteiger partial charge in [0.25, 0.3) is 5.91 Å². The molecule has 0 unspecified atom stereocenters. The van der Waals surface area contributed by atoms with Crippen LogP contribution >= 0.6 is 15.9 Å². The molecule has 0 aliphatic heterocycles. The number of nitrogens with zero attached hydrogens (tertiary/aromatic N) is 1. The van der Waals surface area contributed by atoms with Gasteiger partial charge in [0.1, 0.15) is 11.5 Å². The highest BCUT2D eigenvalue weighted by Gasteiger charge is 2.12. The molecule has 0 saturated carbocycles. The Hall–Kier alpha value is -3.45. The van der Waals surface area contributed by atoms with Crippen molar-refractivity contribution in [2.24, 2.45) is 5.10 Å². The van der Waals surface area contributed by atoms with Crippen LogP contribution in [-0.2, 0) is 4.79 Å². The zero-order chi connectivity index (χ0) is 24.7. The number of esters is 1. The number of amides is 1. The Morgan fingerprint density at radius 3 is 2.35 bits per heavy atom. The van der Waals surface area contributed by atoms with E-state index in [9.17, 15) is 9.59 Å². The molecule has 0 radical (unpaired) electrons. The maximum atomic E-state index is 12.2. The normalized spacial score (nSPS) is 11.0. The number of hydrogen-bond acceptors (Lipinski definition) is 5. The Kier molecular flexibility index (Phi) is 8.60. The average Bonchev–Trinajstić information content (AvgIpc) is 2.81. The van der Waals surface area contributed by atoms with Crippen LogP contribution in [0.4, 0.5) is 0 Å². The Balaban J connectivity index is 1.50. The van der Waals surface area contributed by atoms with Crippen molar-refractivity contribution < 1.29 is 19.1 Å². The minimum Gasteiger partial charge on any atom is -0.483 e. The average molecular weight is 523 g/mol. The molecule has 6 nitrogen and oxygen atoms in total. The monoisotopic (exact) mass is 522 g/mol. The molecule has 1 N–H and O–H groups in total. The van der Waals surface area contributed by atoms with E-state index in [1.807, 2.05) is 38.1 Å². The van der Waals surface area contributed by atoms with Gasteiger partial charge in [0.15, 0.2) is 6.61 Å². The molecule has 0 atom stereocenters. The van der Waals surface area contributed by atoms with E-state index in [0.717, 1.165) is 26.7 Å². The van der Waals surface area contributed by atoms with Crippen LogP contribution in [0, 0.1) is 13.8 Å². The summed E-state index contributed by atoms with van der Waals surface area (Å²) in [5, 5.41) is 3.97. The molecule has 0 saturated heterocycles. The van der Waals surface area contributed by atoms with Gasteiger partial charge < -0.3 is 9.47 Å². The Morgan fingerprint density at radius 2 is 1.71 bits per heavy atom. The van der Waals surface area contributed by atoms with Crippen molar-refractivity contribution in [2.45, 2.75) is 33.6 Å². The number of carbonyl (C=O) groups excluding carboxylic acids is 2. The molecular weight excluding hydrogens is 496 g/mol. The van der Waals surface area contributed by atoms with Gasteiger partial charge in [-0.05, 0) is 85.0 Å². The molecule has 3 rings (SSSR count). The van der Waals surface area contributed by atoms with Gasteiger partial charge in [0, 0.05) is 4.47 Å². The molecule has 7 heteroatoms. The first-order valence-electron chi connectivity index (χ1n) is 10.9. The Morgan fingerprint density at radius 1 is 1.03 bits per heavy atom. The van der Waals surface area contributed by atoms with E-state index >= 15 is 0 Å². The van der Waals surface area contributed by atoms with Gasteiger partial charge >= 0.3 is 5.97 Å². The van der Waals surface area contributed by atoms with Crippen LogP contribution in [0.15, 0.2) is 70.2 Å². The summed E-state index contributed by atoms with van der Waals surface area (Å²) in [7, 11) is 0. The maximum Gasteiger partial charge on any atom is 0.343 e. The molecule has 0 spiro atoms. The van der Waals surface area contributed by atoms with Gasteiger partial charge in [0.05, 0.1) is 11.8 Å². The third-order valence-electron chi connectivity index (χ3n) is 5.05. The Bertz CT molecular complexity index is 1190. The number of rotatable bonds is 8. The van der Waals surface area contributed by atoms with Crippen molar-refractivity contribution in [3.05, 3.63) is 93.0 Å². The predicted molar refractivity (Wildman–Crippen MR) is 137 cm³/mol. The van der Waals surface area contributed by atoms with E-state index in [4.69, 9.17) is 9.47 Å². The fraction of sp³-hybridized carbons (Fsp3) is 0.222. The minimum atomic E-state index is -0.421. The van der Waals surface area contributed by atoms with Crippen molar-refractivity contribution >= 4 is 34.0 Å². The second-order valence-corrected chi connectivity index (χ2v) is 9.05. The molecule has 1 amide bonds. The lowest BCUT2D eigenvalue weighted by atomic mass is 10.0. The number of benzene rings is 3. The number of hydrogen-bond donors (Lipinski definition) is 1. The van der Waals surface area contributed by atoms with E-state index < -0.39 is 5.97 Å². The molecule has 0 fully saturated rings. The van der Waals surface area contributed by atoms with Crippen LogP contribution in [-0.4, -0.2) is 24.7 Å². The van der Waals surface area contributed by atoms with Gasteiger partial charge in [-0.25, -0.2) is 10.2 Å². The largest absolute Gasteiger partial charge is 0.483 e. The zero-order valence-corrected chi connectivity index (χ0v) is 21.2. The number of halogens is 1. The first-order valence-corrected chi connectivity index (χ1v) is 11.7. The smallest absolute Gasteiger partial charge is 0.343 e. The van der Waals surface area contributed by atoms with Crippen molar-refractivity contribution in [2.75, 3.05) is 6.61 Å². The van der Waals surface area contributed by atoms with Crippen LogP contribution in [0.1, 0.15) is 52.4 Å². The van der Waals surface area contributed by atoms with Crippen LogP contribution < -0.4 is 14.9 Å². The lowest BCUT2D eigenvalue weighted by molar-refractivity contribution is -0.123. The number of hydrazone groups is 1. The SMILES string of the molecule is Cc1ccc(C(=O)Oc2ccc(/C=N\NC(=O)COc3cc(C)c(Br)cc3C(C)C)cc2)cc1. The summed E-state index contributed by atoms with van der Waals surface area (Å²) in [4.78, 5) is 24.4. The topological polar surface area (TPSA) is 77.0 Å². The molecule has 0 aliphatic carbocycles. The van der Waals surface area contributed by atoms with Gasteiger partial charge in [-0.15, -0.1) is 0 Å². The van der Waals surface area contributed by atoms with E-state index in [2.05, 4.69) is 40.3 Å². The van der Waals surface area contributed by atoms with Crippen LogP contribution in [0.5, 0.6) is 11.5 Å². The molecular formula is C27H27BrN2O4. The highest BCUT2D eigenvalue weighted by Crippen LogP contribution is 2.32. The number of nitrogens with one attached hydrogen (secondary N) is 1. The fourth-order valence-electron chi connectivity index (χ4n) is 3.08. The third kappa shape index (κ3) is 7.02. The lowest BCUT2D eigenvalue weighted by Gasteiger charge is -2.15. The maximum absolute atomic E-state index is 12.2. The molecule has 0 bridgehead atoms. The van der Waals surface area contributed by atoms with Gasteiger partial charge in [-0.3, -0.25) is 4.79 Å². The standard InChI is InChI=1S/C27H27BrN2O4/c1-17(2)23-14-24(28)19(4)13-25(23)33-16-26(31)30-29-15-20-7-11-22(12-8-20)34-27(32)21-9-5-18(3)6-10-21/h5-15,17H,16H2,1-4H3,(H,30,31)/b29-15-. The second-order valence-electron chi connectivity index (χ2n) is 8.20. The summed E-state index contributed by atoms with van der Waals surface area (Å²) in [6, 6.07) is 17.9. The van der Waals surface area contributed by atoms with E-state index in [-0.39, 0.29) is 18.4 Å². The summed E-state index contributed by atoms with van der Waals surface area (Å²) >= 11 is 3.54. The van der Waals surface area contributed by atoms with Crippen molar-refractivity contribution in [1.82, 2.24) is 5.43 Å². The molecule has 176 valence electrons. The molecule has 0 aliphatic rings. The summed E-state index contributed by atoms with van der Waals surface area (Å²) in [5.41, 5.74) is 6.81. The van der Waals surface area contributed by atoms with Crippen LogP contribution in [0.3, 0.4) is 0 Å². The van der Waals surface area contributed by atoms with Gasteiger partial charge in [0.2, 0.25) is 0 Å². The summed E-state index contributed by atoms with van der Waals surface area (Å²) in [5.74, 6) is 0.578. The number of ether oxygens (including phenoxy) is 2. The van der Waals surface area contributed by atoms with Crippen LogP contribution in [0.2, 0.25) is 0 Å². The number of carbonyl (C=O) groups is 2. The minimum absolute atomic E-state index is 0.147. The molecule has 34 heavy (non-hydrogen) atoms. The molecule has 0 heterocycles. The second kappa shape index (κ2) is 11.6. The molecule has 3 aromatic rings. The summed E-state index contributed by atoms with van der Waals surface area (Å²) < 4.78 is 12.1. The lowest BCUT2D eigenvalue weighted by Crippen LogP contribution is -2.25.